The maximum atomic E-state index is 11.8. The number of carbonyl (C=O) groups is 1. The average Bonchev–Trinajstić information content (AvgIpc) is 2.88. The van der Waals surface area contributed by atoms with Crippen molar-refractivity contribution in [2.75, 3.05) is 0 Å². The van der Waals surface area contributed by atoms with Gasteiger partial charge in [-0.05, 0) is 31.4 Å². The summed E-state index contributed by atoms with van der Waals surface area (Å²) in [6.07, 6.45) is 7.15. The second kappa shape index (κ2) is 3.30. The highest BCUT2D eigenvalue weighted by atomic mass is 17.2. The first-order valence-corrected chi connectivity index (χ1v) is 6.97. The van der Waals surface area contributed by atoms with Crippen LogP contribution >= 0.6 is 0 Å². The molecule has 2 aliphatic heterocycles. The summed E-state index contributed by atoms with van der Waals surface area (Å²) < 4.78 is 5.53. The van der Waals surface area contributed by atoms with Gasteiger partial charge in [0.15, 0.2) is 0 Å². The van der Waals surface area contributed by atoms with E-state index in [4.69, 9.17) is 14.5 Å². The van der Waals surface area contributed by atoms with Gasteiger partial charge in [-0.25, -0.2) is 9.78 Å². The van der Waals surface area contributed by atoms with E-state index in [0.717, 1.165) is 12.0 Å². The van der Waals surface area contributed by atoms with Crippen molar-refractivity contribution in [2.45, 2.75) is 44.5 Å². The third-order valence-electron chi connectivity index (χ3n) is 5.28. The van der Waals surface area contributed by atoms with Crippen molar-refractivity contribution < 1.29 is 19.3 Å². The van der Waals surface area contributed by atoms with Crippen LogP contribution in [0.25, 0.3) is 0 Å². The third kappa shape index (κ3) is 1.24. The summed E-state index contributed by atoms with van der Waals surface area (Å²) in [5, 5.41) is 0. The standard InChI is InChI=1S/C15H18O4/c1-8-6-11-10(9(2)13(16)17-11)7-12-14(3)4-5-15(8,12)19-18-14/h4-5,7-11H,6H2,1-3H3. The molecule has 0 N–H and O–H groups in total. The highest BCUT2D eigenvalue weighted by Gasteiger charge is 2.62. The van der Waals surface area contributed by atoms with Crippen LogP contribution in [-0.4, -0.2) is 23.3 Å². The third-order valence-corrected chi connectivity index (χ3v) is 5.28. The molecule has 0 spiro atoms. The lowest BCUT2D eigenvalue weighted by molar-refractivity contribution is -0.344. The summed E-state index contributed by atoms with van der Waals surface area (Å²) in [6.45, 7) is 6.10. The highest BCUT2D eigenvalue weighted by Crippen LogP contribution is 2.56. The topological polar surface area (TPSA) is 44.8 Å². The molecule has 2 heterocycles. The van der Waals surface area contributed by atoms with E-state index in [9.17, 15) is 4.79 Å². The monoisotopic (exact) mass is 262 g/mol. The Balaban J connectivity index is 1.85. The molecular formula is C15H18O4. The molecule has 4 nitrogen and oxygen atoms in total. The first-order chi connectivity index (χ1) is 8.96. The van der Waals surface area contributed by atoms with Gasteiger partial charge in [-0.1, -0.05) is 19.9 Å². The van der Waals surface area contributed by atoms with Crippen molar-refractivity contribution in [3.8, 4) is 0 Å². The van der Waals surface area contributed by atoms with Crippen LogP contribution in [0.2, 0.25) is 0 Å². The predicted octanol–water partition coefficient (Wildman–Crippen LogP) is 2.16. The van der Waals surface area contributed by atoms with E-state index in [2.05, 4.69) is 25.2 Å². The lowest BCUT2D eigenvalue weighted by Crippen LogP contribution is -2.35. The number of ether oxygens (including phenoxy) is 1. The first-order valence-electron chi connectivity index (χ1n) is 6.97. The smallest absolute Gasteiger partial charge is 0.309 e. The Morgan fingerprint density at radius 2 is 2.05 bits per heavy atom. The Hall–Kier alpha value is -1.13. The van der Waals surface area contributed by atoms with E-state index in [1.54, 1.807) is 0 Å². The van der Waals surface area contributed by atoms with Gasteiger partial charge in [0.25, 0.3) is 0 Å². The fourth-order valence-corrected chi connectivity index (χ4v) is 3.95. The molecule has 0 radical (unpaired) electrons. The van der Waals surface area contributed by atoms with Crippen molar-refractivity contribution >= 4 is 5.97 Å². The van der Waals surface area contributed by atoms with E-state index in [0.29, 0.717) is 0 Å². The predicted molar refractivity (Wildman–Crippen MR) is 66.8 cm³/mol. The van der Waals surface area contributed by atoms with Crippen LogP contribution in [0.4, 0.5) is 0 Å². The molecule has 2 aliphatic carbocycles. The molecule has 4 heteroatoms. The van der Waals surface area contributed by atoms with E-state index in [1.165, 1.54) is 0 Å². The van der Waals surface area contributed by atoms with Gasteiger partial charge < -0.3 is 4.74 Å². The second-order valence-corrected chi connectivity index (χ2v) is 6.46. The molecule has 4 rings (SSSR count). The van der Waals surface area contributed by atoms with Crippen molar-refractivity contribution in [3.05, 3.63) is 23.8 Å². The van der Waals surface area contributed by atoms with Crippen molar-refractivity contribution in [2.24, 2.45) is 17.8 Å². The minimum atomic E-state index is -0.478. The second-order valence-electron chi connectivity index (χ2n) is 6.46. The van der Waals surface area contributed by atoms with Gasteiger partial charge >= 0.3 is 5.97 Å². The van der Waals surface area contributed by atoms with Gasteiger partial charge in [-0.15, -0.1) is 0 Å². The van der Waals surface area contributed by atoms with Crippen LogP contribution in [0.3, 0.4) is 0 Å². The lowest BCUT2D eigenvalue weighted by atomic mass is 9.81. The zero-order valence-corrected chi connectivity index (χ0v) is 11.4. The Morgan fingerprint density at radius 1 is 1.26 bits per heavy atom. The van der Waals surface area contributed by atoms with E-state index in [1.807, 2.05) is 13.8 Å². The van der Waals surface area contributed by atoms with Gasteiger partial charge in [-0.2, -0.15) is 0 Å². The Labute approximate surface area is 112 Å². The van der Waals surface area contributed by atoms with Crippen LogP contribution in [-0.2, 0) is 19.3 Å². The summed E-state index contributed by atoms with van der Waals surface area (Å²) in [6, 6.07) is 0. The summed E-state index contributed by atoms with van der Waals surface area (Å²) in [5.74, 6) is 0.201. The van der Waals surface area contributed by atoms with Crippen LogP contribution in [0, 0.1) is 17.8 Å². The molecule has 0 aromatic heterocycles. The summed E-state index contributed by atoms with van der Waals surface area (Å²) in [4.78, 5) is 23.0. The zero-order chi connectivity index (χ0) is 13.4. The van der Waals surface area contributed by atoms with Gasteiger partial charge in [0.05, 0.1) is 5.92 Å². The minimum absolute atomic E-state index is 0.0215. The molecule has 0 aromatic rings. The van der Waals surface area contributed by atoms with Gasteiger partial charge in [0.2, 0.25) is 0 Å². The van der Waals surface area contributed by atoms with Crippen LogP contribution < -0.4 is 0 Å². The number of hydrogen-bond acceptors (Lipinski definition) is 4. The summed E-state index contributed by atoms with van der Waals surface area (Å²) >= 11 is 0. The molecule has 6 atom stereocenters. The maximum Gasteiger partial charge on any atom is 0.309 e. The highest BCUT2D eigenvalue weighted by molar-refractivity contribution is 5.75. The van der Waals surface area contributed by atoms with E-state index < -0.39 is 11.2 Å². The Morgan fingerprint density at radius 3 is 2.74 bits per heavy atom. The Kier molecular flexibility index (Phi) is 2.03. The number of esters is 1. The quantitative estimate of drug-likeness (QED) is 0.381. The molecule has 0 aromatic carbocycles. The molecule has 19 heavy (non-hydrogen) atoms. The van der Waals surface area contributed by atoms with E-state index in [-0.39, 0.29) is 29.8 Å². The molecule has 2 bridgehead atoms. The fourth-order valence-electron chi connectivity index (χ4n) is 3.95. The Bertz CT molecular complexity index is 522. The molecule has 102 valence electrons. The van der Waals surface area contributed by atoms with Crippen LogP contribution in [0.15, 0.2) is 23.8 Å². The van der Waals surface area contributed by atoms with Gasteiger partial charge in [0.1, 0.15) is 17.3 Å². The van der Waals surface area contributed by atoms with Gasteiger partial charge in [0, 0.05) is 11.5 Å². The largest absolute Gasteiger partial charge is 0.461 e. The number of fused-ring (bicyclic) bond motifs is 1. The molecule has 0 saturated carbocycles. The fraction of sp³-hybridized carbons (Fsp3) is 0.667. The van der Waals surface area contributed by atoms with Crippen LogP contribution in [0.1, 0.15) is 27.2 Å². The van der Waals surface area contributed by atoms with Gasteiger partial charge in [-0.3, -0.25) is 4.79 Å². The SMILES string of the molecule is CC1C(=O)OC2CC(C)C34C=CC(C)(OO3)C4=CC21. The zero-order valence-electron chi connectivity index (χ0n) is 11.4. The lowest BCUT2D eigenvalue weighted by Gasteiger charge is -2.29. The number of rotatable bonds is 0. The number of carbonyl (C=O) groups excluding carboxylic acids is 1. The minimum Gasteiger partial charge on any atom is -0.461 e. The van der Waals surface area contributed by atoms with Crippen molar-refractivity contribution in [1.82, 2.24) is 0 Å². The normalized spacial score (nSPS) is 54.5. The number of hydrogen-bond donors (Lipinski definition) is 0. The average molecular weight is 262 g/mol. The molecule has 6 unspecified atom stereocenters. The van der Waals surface area contributed by atoms with Crippen molar-refractivity contribution in [3.63, 3.8) is 0 Å². The molecule has 2 fully saturated rings. The maximum absolute atomic E-state index is 11.8. The molecular weight excluding hydrogens is 244 g/mol. The molecule has 0 amide bonds. The van der Waals surface area contributed by atoms with E-state index >= 15 is 0 Å². The van der Waals surface area contributed by atoms with Crippen LogP contribution in [0.5, 0.6) is 0 Å². The molecule has 2 saturated heterocycles. The first kappa shape index (κ1) is 11.7. The summed E-state index contributed by atoms with van der Waals surface area (Å²) in [5.41, 5.74) is 0.213. The van der Waals surface area contributed by atoms with Crippen molar-refractivity contribution in [1.29, 1.82) is 0 Å². The summed E-state index contributed by atoms with van der Waals surface area (Å²) in [7, 11) is 0. The molecule has 4 aliphatic rings.